The molecule has 2 amide bonds. The summed E-state index contributed by atoms with van der Waals surface area (Å²) in [5.41, 5.74) is 0.0207. The van der Waals surface area contributed by atoms with Gasteiger partial charge >= 0.3 is 6.29 Å². The number of ether oxygens (including phenoxy) is 5. The number of alkyl halides is 2. The highest BCUT2D eigenvalue weighted by Gasteiger charge is 2.57. The Morgan fingerprint density at radius 2 is 1.86 bits per heavy atom. The smallest absolute Gasteiger partial charge is 0.496 e. The van der Waals surface area contributed by atoms with E-state index in [9.17, 15) is 18.4 Å². The minimum Gasteiger partial charge on any atom is -0.496 e. The van der Waals surface area contributed by atoms with E-state index in [2.05, 4.69) is 25.0 Å². The first-order chi connectivity index (χ1) is 20.5. The van der Waals surface area contributed by atoms with Gasteiger partial charge in [-0.25, -0.2) is 4.98 Å². The van der Waals surface area contributed by atoms with E-state index in [4.69, 9.17) is 19.2 Å². The summed E-state index contributed by atoms with van der Waals surface area (Å²) in [5, 5.41) is 6.62. The summed E-state index contributed by atoms with van der Waals surface area (Å²) in [6.07, 6.45) is -0.978. The molecular weight excluding hydrogens is 586 g/mol. The lowest BCUT2D eigenvalue weighted by atomic mass is 9.62. The van der Waals surface area contributed by atoms with E-state index in [-0.39, 0.29) is 46.0 Å². The summed E-state index contributed by atoms with van der Waals surface area (Å²) in [5.74, 6) is -1.41. The predicted molar refractivity (Wildman–Crippen MR) is 151 cm³/mol. The minimum absolute atomic E-state index is 0.00804. The lowest BCUT2D eigenvalue weighted by molar-refractivity contribution is -0.286. The summed E-state index contributed by atoms with van der Waals surface area (Å²) >= 11 is 1.37. The van der Waals surface area contributed by atoms with Crippen LogP contribution in [0.3, 0.4) is 0 Å². The molecule has 2 unspecified atom stereocenters. The van der Waals surface area contributed by atoms with Gasteiger partial charge in [-0.05, 0) is 50.8 Å². The zero-order valence-corrected chi connectivity index (χ0v) is 24.1. The van der Waals surface area contributed by atoms with Gasteiger partial charge in [0.15, 0.2) is 16.6 Å². The van der Waals surface area contributed by atoms with E-state index < -0.39 is 23.6 Å². The first-order valence-electron chi connectivity index (χ1n) is 14.1. The first-order valence-corrected chi connectivity index (χ1v) is 14.9. The number of amides is 2. The molecule has 5 fully saturated rings. The van der Waals surface area contributed by atoms with Crippen LogP contribution in [-0.2, 0) is 9.47 Å². The summed E-state index contributed by atoms with van der Waals surface area (Å²) in [7, 11) is 1.46. The molecule has 43 heavy (non-hydrogen) atoms. The van der Waals surface area contributed by atoms with Gasteiger partial charge in [-0.2, -0.15) is 0 Å². The largest absolute Gasteiger partial charge is 0.586 e. The van der Waals surface area contributed by atoms with Gasteiger partial charge in [-0.15, -0.1) is 8.78 Å². The lowest BCUT2D eigenvalue weighted by Gasteiger charge is -2.58. The van der Waals surface area contributed by atoms with Gasteiger partial charge < -0.3 is 39.2 Å². The molecule has 0 spiro atoms. The number of methoxy groups -OCH3 is 1. The van der Waals surface area contributed by atoms with Crippen LogP contribution >= 0.6 is 11.3 Å². The number of hydrogen-bond acceptors (Lipinski definition) is 10. The Hall–Kier alpha value is -3.75. The number of anilines is 2. The number of thiazole rings is 1. The molecule has 1 saturated carbocycles. The quantitative estimate of drug-likeness (QED) is 0.419. The highest BCUT2D eigenvalue weighted by atomic mass is 32.1. The lowest BCUT2D eigenvalue weighted by Crippen LogP contribution is -2.68. The number of carbonyl (C=O) groups is 2. The number of nitrogens with zero attached hydrogens (tertiary/aromatic N) is 2. The third-order valence-electron chi connectivity index (χ3n) is 9.00. The van der Waals surface area contributed by atoms with Gasteiger partial charge in [0.2, 0.25) is 0 Å². The Kier molecular flexibility index (Phi) is 5.70. The molecule has 3 aromatic rings. The van der Waals surface area contributed by atoms with Crippen LogP contribution in [0.5, 0.6) is 17.2 Å². The molecule has 0 radical (unpaired) electrons. The average Bonchev–Trinajstić information content (AvgIpc) is 3.49. The van der Waals surface area contributed by atoms with E-state index in [0.29, 0.717) is 55.0 Å². The zero-order chi connectivity index (χ0) is 29.7. The summed E-state index contributed by atoms with van der Waals surface area (Å²) in [6, 6.07) is 6.29. The third-order valence-corrected chi connectivity index (χ3v) is 10.1. The molecule has 2 N–H and O–H groups in total. The molecule has 11 nitrogen and oxygen atoms in total. The van der Waals surface area contributed by atoms with Gasteiger partial charge in [0.25, 0.3) is 11.8 Å². The summed E-state index contributed by atoms with van der Waals surface area (Å²) < 4.78 is 54.8. The molecular formula is C29H28F2N4O7S. The molecule has 6 aliphatic rings. The Labute approximate surface area is 248 Å². The maximum Gasteiger partial charge on any atom is 0.586 e. The standard InChI is InChI=1S/C29H28F2N4O7S/c1-27-12-28(13-27,5-6-40-27)34-24(36)16-8-20-21(42-29(30,31)41-20)9-18(16)32-25(37)22-19(38-2)4-3-17-23(22)43-26(33-17)35-14-7-15(35)11-39-10-14/h3-4,8-9,14-15H,5-7,10-13H2,1-2H3,(H,32,37)(H,34,36). The molecule has 4 bridgehead atoms. The zero-order valence-electron chi connectivity index (χ0n) is 23.3. The van der Waals surface area contributed by atoms with Crippen molar-refractivity contribution in [1.82, 2.24) is 10.3 Å². The SMILES string of the molecule is COc1ccc2nc(N3C4COCC3C4)sc2c1C(=O)Nc1cc2c(cc1C(=O)NC13CCOC(C)(C1)C3)OC(F)(F)O2. The Balaban J connectivity index is 1.14. The molecule has 2 atom stereocenters. The van der Waals surface area contributed by atoms with Crippen molar-refractivity contribution in [3.8, 4) is 17.2 Å². The topological polar surface area (TPSA) is 120 Å². The van der Waals surface area contributed by atoms with Crippen molar-refractivity contribution in [1.29, 1.82) is 0 Å². The highest BCUT2D eigenvalue weighted by molar-refractivity contribution is 7.22. The maximum absolute atomic E-state index is 14.0. The van der Waals surface area contributed by atoms with Gasteiger partial charge in [-0.3, -0.25) is 9.59 Å². The van der Waals surface area contributed by atoms with E-state index >= 15 is 0 Å². The van der Waals surface area contributed by atoms with Gasteiger partial charge in [0.1, 0.15) is 11.3 Å². The summed E-state index contributed by atoms with van der Waals surface area (Å²) in [6.45, 7) is 3.75. The van der Waals surface area contributed by atoms with E-state index in [1.165, 1.54) is 30.6 Å². The molecule has 4 saturated heterocycles. The van der Waals surface area contributed by atoms with E-state index in [0.717, 1.165) is 11.6 Å². The van der Waals surface area contributed by atoms with Crippen molar-refractivity contribution >= 4 is 44.2 Å². The van der Waals surface area contributed by atoms with Crippen LogP contribution in [0.25, 0.3) is 10.2 Å². The van der Waals surface area contributed by atoms with Gasteiger partial charge in [0, 0.05) is 18.2 Å². The Bertz CT molecular complexity index is 1680. The minimum atomic E-state index is -3.90. The molecule has 5 aliphatic heterocycles. The van der Waals surface area contributed by atoms with Crippen molar-refractivity contribution in [3.63, 3.8) is 0 Å². The fourth-order valence-corrected chi connectivity index (χ4v) is 8.43. The normalized spacial score (nSPS) is 29.4. The molecule has 6 heterocycles. The van der Waals surface area contributed by atoms with E-state index in [1.54, 1.807) is 12.1 Å². The number of hydrogen-bond donors (Lipinski definition) is 2. The number of rotatable bonds is 6. The average molecular weight is 615 g/mol. The van der Waals surface area contributed by atoms with Crippen LogP contribution in [0.15, 0.2) is 24.3 Å². The van der Waals surface area contributed by atoms with Crippen molar-refractivity contribution in [2.45, 2.75) is 62.1 Å². The number of carbonyl (C=O) groups excluding carboxylic acids is 2. The highest BCUT2D eigenvalue weighted by Crippen LogP contribution is 2.51. The van der Waals surface area contributed by atoms with Crippen LogP contribution < -0.4 is 29.7 Å². The van der Waals surface area contributed by atoms with E-state index in [1.807, 2.05) is 6.92 Å². The maximum atomic E-state index is 14.0. The number of benzene rings is 2. The third kappa shape index (κ3) is 4.29. The van der Waals surface area contributed by atoms with Crippen molar-refractivity contribution < 1.29 is 42.1 Å². The predicted octanol–water partition coefficient (Wildman–Crippen LogP) is 4.30. The number of nitrogens with one attached hydrogen (secondary N) is 2. The van der Waals surface area contributed by atoms with Crippen LogP contribution in [0, 0.1) is 0 Å². The Morgan fingerprint density at radius 3 is 2.56 bits per heavy atom. The fourth-order valence-electron chi connectivity index (χ4n) is 7.19. The first kappa shape index (κ1) is 26.8. The van der Waals surface area contributed by atoms with Crippen molar-refractivity contribution in [3.05, 3.63) is 35.4 Å². The van der Waals surface area contributed by atoms with Gasteiger partial charge in [0.05, 0.1) is 59.5 Å². The number of morpholine rings is 1. The molecule has 14 heteroatoms. The molecule has 226 valence electrons. The monoisotopic (exact) mass is 614 g/mol. The second-order valence-corrected chi connectivity index (χ2v) is 13.1. The summed E-state index contributed by atoms with van der Waals surface area (Å²) in [4.78, 5) is 34.6. The number of halogens is 2. The second-order valence-electron chi connectivity index (χ2n) is 12.1. The number of aromatic nitrogens is 1. The van der Waals surface area contributed by atoms with Crippen molar-refractivity contribution in [2.24, 2.45) is 0 Å². The van der Waals surface area contributed by atoms with Crippen LogP contribution in [0.4, 0.5) is 19.6 Å². The van der Waals surface area contributed by atoms with Crippen molar-refractivity contribution in [2.75, 3.05) is 37.1 Å². The molecule has 9 rings (SSSR count). The van der Waals surface area contributed by atoms with Crippen LogP contribution in [-0.4, -0.2) is 73.2 Å². The van der Waals surface area contributed by atoms with Gasteiger partial charge in [-0.1, -0.05) is 11.3 Å². The molecule has 1 aliphatic carbocycles. The number of fused-ring (bicyclic) bond motifs is 6. The second kappa shape index (κ2) is 9.13. The molecule has 2 aromatic carbocycles. The Morgan fingerprint density at radius 1 is 1.12 bits per heavy atom. The fraction of sp³-hybridized carbons (Fsp3) is 0.483. The van der Waals surface area contributed by atoms with Crippen LogP contribution in [0.2, 0.25) is 0 Å². The molecule has 1 aromatic heterocycles. The van der Waals surface area contributed by atoms with Crippen LogP contribution in [0.1, 0.15) is 53.3 Å².